The van der Waals surface area contributed by atoms with Crippen LogP contribution in [-0.2, 0) is 27.4 Å². The van der Waals surface area contributed by atoms with Gasteiger partial charge in [0.2, 0.25) is 0 Å². The van der Waals surface area contributed by atoms with Crippen LogP contribution in [0.3, 0.4) is 0 Å². The Hall–Kier alpha value is -1.14. The molecule has 0 bridgehead atoms. The highest BCUT2D eigenvalue weighted by Crippen LogP contribution is 2.17. The lowest BCUT2D eigenvalue weighted by Crippen LogP contribution is -2.22. The molecule has 5 nitrogen and oxygen atoms in total. The van der Waals surface area contributed by atoms with Crippen LogP contribution >= 0.6 is 0 Å². The van der Waals surface area contributed by atoms with Crippen LogP contribution in [0.5, 0.6) is 0 Å². The van der Waals surface area contributed by atoms with Crippen molar-refractivity contribution in [2.45, 2.75) is 65.0 Å². The molecule has 1 aromatic rings. The van der Waals surface area contributed by atoms with Gasteiger partial charge in [0.1, 0.15) is 12.6 Å². The second-order valence-corrected chi connectivity index (χ2v) is 12.7. The van der Waals surface area contributed by atoms with Gasteiger partial charge in [0.05, 0.1) is 13.5 Å². The highest BCUT2D eigenvalue weighted by molar-refractivity contribution is 6.76. The van der Waals surface area contributed by atoms with Gasteiger partial charge in [0.25, 0.3) is 0 Å². The molecule has 126 valence electrons. The van der Waals surface area contributed by atoms with Crippen LogP contribution in [0.25, 0.3) is 0 Å². The Bertz CT molecular complexity index is 478. The number of ether oxygens (including phenoxy) is 2. The van der Waals surface area contributed by atoms with Crippen molar-refractivity contribution in [3.05, 3.63) is 17.7 Å². The monoisotopic (exact) mass is 326 g/mol. The standard InChI is InChI=1S/C16H30N2O3Si/c1-13(2)16-17-11-14(7-8-15(19)20-3)18(16)12-21-9-10-22(4,5)6/h11,13H,7-10,12H2,1-6H3. The zero-order valence-electron chi connectivity index (χ0n) is 14.8. The Balaban J connectivity index is 2.68. The third-order valence-corrected chi connectivity index (χ3v) is 5.22. The fraction of sp³-hybridized carbons (Fsp3) is 0.750. The maximum Gasteiger partial charge on any atom is 0.305 e. The first-order chi connectivity index (χ1) is 10.2. The molecular weight excluding hydrogens is 296 g/mol. The quantitative estimate of drug-likeness (QED) is 0.396. The van der Waals surface area contributed by atoms with Crippen LogP contribution in [0.2, 0.25) is 25.7 Å². The normalized spacial score (nSPS) is 12.0. The van der Waals surface area contributed by atoms with Gasteiger partial charge in [-0.25, -0.2) is 4.98 Å². The Morgan fingerprint density at radius 2 is 2.05 bits per heavy atom. The van der Waals surface area contributed by atoms with Gasteiger partial charge in [-0.15, -0.1) is 0 Å². The Morgan fingerprint density at radius 3 is 2.59 bits per heavy atom. The van der Waals surface area contributed by atoms with E-state index in [0.717, 1.165) is 24.2 Å². The van der Waals surface area contributed by atoms with E-state index in [4.69, 9.17) is 9.47 Å². The fourth-order valence-corrected chi connectivity index (χ4v) is 2.86. The van der Waals surface area contributed by atoms with Crippen molar-refractivity contribution in [3.8, 4) is 0 Å². The maximum absolute atomic E-state index is 11.3. The van der Waals surface area contributed by atoms with E-state index in [1.807, 2.05) is 6.20 Å². The summed E-state index contributed by atoms with van der Waals surface area (Å²) in [5.74, 6) is 1.14. The molecule has 6 heteroatoms. The first-order valence-electron chi connectivity index (χ1n) is 7.93. The third kappa shape index (κ3) is 6.32. The SMILES string of the molecule is COC(=O)CCc1cnc(C(C)C)n1COCC[Si](C)(C)C. The number of rotatable bonds is 9. The summed E-state index contributed by atoms with van der Waals surface area (Å²) in [6.07, 6.45) is 2.85. The summed E-state index contributed by atoms with van der Waals surface area (Å²) in [5.41, 5.74) is 1.03. The van der Waals surface area contributed by atoms with Gasteiger partial charge in [-0.3, -0.25) is 4.79 Å². The highest BCUT2D eigenvalue weighted by Gasteiger charge is 2.16. The molecule has 0 saturated heterocycles. The van der Waals surface area contributed by atoms with Gasteiger partial charge in [0.15, 0.2) is 0 Å². The zero-order chi connectivity index (χ0) is 16.8. The van der Waals surface area contributed by atoms with Gasteiger partial charge in [0, 0.05) is 32.5 Å². The molecule has 0 amide bonds. The van der Waals surface area contributed by atoms with Crippen molar-refractivity contribution in [2.75, 3.05) is 13.7 Å². The molecule has 0 saturated carbocycles. The van der Waals surface area contributed by atoms with Crippen LogP contribution in [0.4, 0.5) is 0 Å². The van der Waals surface area contributed by atoms with Crippen LogP contribution in [-0.4, -0.2) is 37.3 Å². The molecule has 0 N–H and O–H groups in total. The molecule has 0 atom stereocenters. The number of carbonyl (C=O) groups excluding carboxylic acids is 1. The van der Waals surface area contributed by atoms with Gasteiger partial charge in [-0.2, -0.15) is 0 Å². The zero-order valence-corrected chi connectivity index (χ0v) is 15.8. The lowest BCUT2D eigenvalue weighted by Gasteiger charge is -2.18. The van der Waals surface area contributed by atoms with Crippen LogP contribution in [0, 0.1) is 0 Å². The van der Waals surface area contributed by atoms with Gasteiger partial charge in [-0.05, 0) is 12.5 Å². The number of esters is 1. The van der Waals surface area contributed by atoms with E-state index in [-0.39, 0.29) is 5.97 Å². The summed E-state index contributed by atoms with van der Waals surface area (Å²) < 4.78 is 12.7. The number of methoxy groups -OCH3 is 1. The van der Waals surface area contributed by atoms with E-state index in [0.29, 0.717) is 25.5 Å². The maximum atomic E-state index is 11.3. The summed E-state index contributed by atoms with van der Waals surface area (Å²) in [7, 11) is 0.341. The number of carbonyl (C=O) groups is 1. The number of nitrogens with zero attached hydrogens (tertiary/aromatic N) is 2. The van der Waals surface area contributed by atoms with E-state index < -0.39 is 8.07 Å². The molecule has 0 radical (unpaired) electrons. The number of hydrogen-bond donors (Lipinski definition) is 0. The van der Waals surface area contributed by atoms with Crippen molar-refractivity contribution in [2.24, 2.45) is 0 Å². The van der Waals surface area contributed by atoms with Crippen molar-refractivity contribution in [3.63, 3.8) is 0 Å². The molecule has 0 aliphatic rings. The summed E-state index contributed by atoms with van der Waals surface area (Å²) in [4.78, 5) is 15.8. The van der Waals surface area contributed by atoms with Crippen LogP contribution < -0.4 is 0 Å². The first kappa shape index (κ1) is 18.9. The van der Waals surface area contributed by atoms with Gasteiger partial charge in [-0.1, -0.05) is 33.5 Å². The number of aromatic nitrogens is 2. The second kappa shape index (κ2) is 8.48. The Kier molecular flexibility index (Phi) is 7.29. The van der Waals surface area contributed by atoms with Crippen molar-refractivity contribution < 1.29 is 14.3 Å². The van der Waals surface area contributed by atoms with E-state index in [1.54, 1.807) is 0 Å². The average Bonchev–Trinajstić information content (AvgIpc) is 2.83. The van der Waals surface area contributed by atoms with E-state index in [2.05, 4.69) is 43.0 Å². The van der Waals surface area contributed by atoms with E-state index in [1.165, 1.54) is 7.11 Å². The molecule has 0 aromatic carbocycles. The summed E-state index contributed by atoms with van der Waals surface area (Å²) >= 11 is 0. The third-order valence-electron chi connectivity index (χ3n) is 3.52. The number of hydrogen-bond acceptors (Lipinski definition) is 4. The van der Waals surface area contributed by atoms with Crippen LogP contribution in [0.15, 0.2) is 6.20 Å². The van der Waals surface area contributed by atoms with Crippen molar-refractivity contribution >= 4 is 14.0 Å². The highest BCUT2D eigenvalue weighted by atomic mass is 28.3. The fourth-order valence-electron chi connectivity index (χ4n) is 2.10. The molecule has 0 aliphatic heterocycles. The predicted molar refractivity (Wildman–Crippen MR) is 90.8 cm³/mol. The Morgan fingerprint density at radius 1 is 1.36 bits per heavy atom. The number of imidazole rings is 1. The predicted octanol–water partition coefficient (Wildman–Crippen LogP) is 3.42. The molecule has 1 aromatic heterocycles. The molecular formula is C16H30N2O3Si. The number of aryl methyl sites for hydroxylation is 1. The average molecular weight is 327 g/mol. The molecule has 0 aliphatic carbocycles. The molecule has 0 spiro atoms. The van der Waals surface area contributed by atoms with Crippen LogP contribution in [0.1, 0.15) is 37.7 Å². The Labute approximate surface area is 135 Å². The molecule has 1 heterocycles. The topological polar surface area (TPSA) is 53.3 Å². The van der Waals surface area contributed by atoms with E-state index in [9.17, 15) is 4.79 Å². The summed E-state index contributed by atoms with van der Waals surface area (Å²) in [6, 6.07) is 1.15. The summed E-state index contributed by atoms with van der Waals surface area (Å²) in [6.45, 7) is 12.5. The van der Waals surface area contributed by atoms with Crippen molar-refractivity contribution in [1.82, 2.24) is 9.55 Å². The molecule has 0 fully saturated rings. The largest absolute Gasteiger partial charge is 0.469 e. The molecule has 22 heavy (non-hydrogen) atoms. The minimum absolute atomic E-state index is 0.196. The van der Waals surface area contributed by atoms with Crippen molar-refractivity contribution in [1.29, 1.82) is 0 Å². The molecule has 0 unspecified atom stereocenters. The minimum Gasteiger partial charge on any atom is -0.469 e. The lowest BCUT2D eigenvalue weighted by atomic mass is 10.2. The molecule has 1 rings (SSSR count). The smallest absolute Gasteiger partial charge is 0.305 e. The van der Waals surface area contributed by atoms with Gasteiger partial charge < -0.3 is 14.0 Å². The minimum atomic E-state index is -1.07. The van der Waals surface area contributed by atoms with E-state index >= 15 is 0 Å². The lowest BCUT2D eigenvalue weighted by molar-refractivity contribution is -0.140. The second-order valence-electron chi connectivity index (χ2n) is 7.11. The first-order valence-corrected chi connectivity index (χ1v) is 11.6. The van der Waals surface area contributed by atoms with Gasteiger partial charge >= 0.3 is 5.97 Å². The summed E-state index contributed by atoms with van der Waals surface area (Å²) in [5, 5.41) is 0.